The zero-order valence-corrected chi connectivity index (χ0v) is 8.85. The number of allylic oxidation sites excluding steroid dienone is 1. The van der Waals surface area contributed by atoms with Gasteiger partial charge in [0, 0.05) is 12.5 Å². The molecule has 0 saturated carbocycles. The van der Waals surface area contributed by atoms with Crippen molar-refractivity contribution in [2.24, 2.45) is 16.6 Å². The number of nitrogens with two attached hydrogens (primary N) is 1. The molecule has 1 aliphatic rings. The van der Waals surface area contributed by atoms with Gasteiger partial charge in [-0.05, 0) is 19.3 Å². The number of halogens is 1. The van der Waals surface area contributed by atoms with Crippen LogP contribution in [0.4, 0.5) is 0 Å². The lowest BCUT2D eigenvalue weighted by Gasteiger charge is -2.16. The van der Waals surface area contributed by atoms with Gasteiger partial charge in [0.25, 0.3) is 0 Å². The van der Waals surface area contributed by atoms with Gasteiger partial charge in [-0.3, -0.25) is 4.99 Å². The summed E-state index contributed by atoms with van der Waals surface area (Å²) in [5, 5.41) is 0. The van der Waals surface area contributed by atoms with Crippen LogP contribution < -0.4 is 5.73 Å². The van der Waals surface area contributed by atoms with E-state index in [4.69, 9.17) is 5.73 Å². The lowest BCUT2D eigenvalue weighted by Crippen LogP contribution is -2.24. The van der Waals surface area contributed by atoms with E-state index in [0.29, 0.717) is 5.92 Å². The number of rotatable bonds is 2. The zero-order chi connectivity index (χ0) is 8.81. The number of nitrogens with zero attached hydrogens (tertiary/aromatic N) is 1. The third kappa shape index (κ3) is 4.32. The van der Waals surface area contributed by atoms with Gasteiger partial charge in [0.05, 0.1) is 5.84 Å². The van der Waals surface area contributed by atoms with E-state index >= 15 is 0 Å². The Labute approximate surface area is 86.7 Å². The third-order valence-corrected chi connectivity index (χ3v) is 2.37. The molecule has 0 aromatic rings. The topological polar surface area (TPSA) is 38.4 Å². The maximum Gasteiger partial charge on any atom is 0.0971 e. The van der Waals surface area contributed by atoms with Crippen molar-refractivity contribution in [2.75, 3.05) is 6.54 Å². The van der Waals surface area contributed by atoms with Gasteiger partial charge >= 0.3 is 0 Å². The molecule has 0 saturated heterocycles. The Kier molecular flexibility index (Phi) is 6.69. The van der Waals surface area contributed by atoms with Gasteiger partial charge in [0.2, 0.25) is 0 Å². The minimum Gasteiger partial charge on any atom is -0.387 e. The predicted octanol–water partition coefficient (Wildman–Crippen LogP) is 2.53. The van der Waals surface area contributed by atoms with E-state index in [1.807, 2.05) is 6.08 Å². The van der Waals surface area contributed by atoms with Gasteiger partial charge in [-0.15, -0.1) is 19.0 Å². The van der Waals surface area contributed by atoms with Crippen molar-refractivity contribution in [1.29, 1.82) is 0 Å². The molecule has 0 amide bonds. The smallest absolute Gasteiger partial charge is 0.0971 e. The summed E-state index contributed by atoms with van der Waals surface area (Å²) in [5.41, 5.74) is 5.84. The van der Waals surface area contributed by atoms with E-state index in [-0.39, 0.29) is 12.4 Å². The quantitative estimate of drug-likeness (QED) is 0.687. The molecule has 1 rings (SSSR count). The van der Waals surface area contributed by atoms with Crippen LogP contribution in [0.2, 0.25) is 0 Å². The van der Waals surface area contributed by atoms with Gasteiger partial charge in [-0.2, -0.15) is 0 Å². The number of amidine groups is 1. The molecular weight excluding hydrogens is 184 g/mol. The molecule has 1 aliphatic heterocycles. The highest BCUT2D eigenvalue weighted by atomic mass is 35.5. The molecule has 0 aromatic carbocycles. The molecule has 0 fully saturated rings. The summed E-state index contributed by atoms with van der Waals surface area (Å²) in [6, 6.07) is 0. The van der Waals surface area contributed by atoms with Gasteiger partial charge in [-0.25, -0.2) is 0 Å². The second-order valence-electron chi connectivity index (χ2n) is 3.38. The van der Waals surface area contributed by atoms with E-state index in [1.54, 1.807) is 0 Å². The van der Waals surface area contributed by atoms with Gasteiger partial charge in [-0.1, -0.05) is 18.9 Å². The molecular formula is C10H19ClN2. The fourth-order valence-electron chi connectivity index (χ4n) is 1.60. The van der Waals surface area contributed by atoms with Crippen LogP contribution in [0.15, 0.2) is 17.6 Å². The molecule has 3 heteroatoms. The van der Waals surface area contributed by atoms with Crippen molar-refractivity contribution in [3.8, 4) is 0 Å². The van der Waals surface area contributed by atoms with Crippen LogP contribution in [0, 0.1) is 5.92 Å². The van der Waals surface area contributed by atoms with Crippen LogP contribution in [0.25, 0.3) is 0 Å². The molecule has 13 heavy (non-hydrogen) atoms. The molecule has 76 valence electrons. The highest BCUT2D eigenvalue weighted by Gasteiger charge is 2.12. The first kappa shape index (κ1) is 12.5. The molecule has 1 unspecified atom stereocenters. The summed E-state index contributed by atoms with van der Waals surface area (Å²) in [6.45, 7) is 4.65. The average Bonchev–Trinajstić information content (AvgIpc) is 2.05. The van der Waals surface area contributed by atoms with E-state index < -0.39 is 0 Å². The minimum atomic E-state index is 0. The van der Waals surface area contributed by atoms with Crippen molar-refractivity contribution in [3.63, 3.8) is 0 Å². The average molecular weight is 203 g/mol. The zero-order valence-electron chi connectivity index (χ0n) is 8.04. The standard InChI is InChI=1S/C10H18N2.ClH/c1-2-6-9-7-4-3-5-8-12-10(9)11;/h2,9H,1,3-8H2,(H2,11,12);1H. The maximum absolute atomic E-state index is 5.84. The summed E-state index contributed by atoms with van der Waals surface area (Å²) in [6.07, 6.45) is 7.88. The summed E-state index contributed by atoms with van der Waals surface area (Å²) < 4.78 is 0. The Morgan fingerprint density at radius 3 is 2.92 bits per heavy atom. The number of hydrogen-bond acceptors (Lipinski definition) is 2. The van der Waals surface area contributed by atoms with Crippen LogP contribution >= 0.6 is 12.4 Å². The Hall–Kier alpha value is -0.500. The number of aliphatic imine (C=N–C) groups is 1. The minimum absolute atomic E-state index is 0. The Morgan fingerprint density at radius 1 is 1.46 bits per heavy atom. The predicted molar refractivity (Wildman–Crippen MR) is 60.5 cm³/mol. The first-order valence-corrected chi connectivity index (χ1v) is 4.75. The summed E-state index contributed by atoms with van der Waals surface area (Å²) in [5.74, 6) is 1.30. The van der Waals surface area contributed by atoms with Crippen LogP contribution in [0.1, 0.15) is 32.1 Å². The molecule has 0 bridgehead atoms. The monoisotopic (exact) mass is 202 g/mol. The summed E-state index contributed by atoms with van der Waals surface area (Å²) in [4.78, 5) is 4.33. The molecule has 0 aliphatic carbocycles. The lowest BCUT2D eigenvalue weighted by atomic mass is 9.95. The van der Waals surface area contributed by atoms with E-state index in [1.165, 1.54) is 25.7 Å². The molecule has 1 atom stereocenters. The van der Waals surface area contributed by atoms with Gasteiger partial charge < -0.3 is 5.73 Å². The largest absolute Gasteiger partial charge is 0.387 e. The van der Waals surface area contributed by atoms with Gasteiger partial charge in [0.15, 0.2) is 0 Å². The van der Waals surface area contributed by atoms with E-state index in [9.17, 15) is 0 Å². The normalized spacial score (nSPS) is 23.4. The maximum atomic E-state index is 5.84. The first-order chi connectivity index (χ1) is 5.84. The van der Waals surface area contributed by atoms with Crippen LogP contribution in [-0.2, 0) is 0 Å². The molecule has 0 radical (unpaired) electrons. The van der Waals surface area contributed by atoms with E-state index in [2.05, 4.69) is 11.6 Å². The van der Waals surface area contributed by atoms with Crippen LogP contribution in [0.5, 0.6) is 0 Å². The Balaban J connectivity index is 0.00000144. The van der Waals surface area contributed by atoms with Crippen molar-refractivity contribution >= 4 is 18.2 Å². The molecule has 2 N–H and O–H groups in total. The highest BCUT2D eigenvalue weighted by molar-refractivity contribution is 5.85. The van der Waals surface area contributed by atoms with Crippen molar-refractivity contribution in [2.45, 2.75) is 32.1 Å². The van der Waals surface area contributed by atoms with Crippen molar-refractivity contribution in [1.82, 2.24) is 0 Å². The van der Waals surface area contributed by atoms with Crippen LogP contribution in [0.3, 0.4) is 0 Å². The first-order valence-electron chi connectivity index (χ1n) is 4.75. The SMILES string of the molecule is C=CCC1CCCCCN=C1N.Cl. The lowest BCUT2D eigenvalue weighted by molar-refractivity contribution is 0.542. The molecule has 0 aromatic heterocycles. The van der Waals surface area contributed by atoms with Crippen LogP contribution in [-0.4, -0.2) is 12.4 Å². The number of hydrogen-bond donors (Lipinski definition) is 1. The Bertz CT molecular complexity index is 178. The molecule has 0 spiro atoms. The summed E-state index contributed by atoms with van der Waals surface area (Å²) >= 11 is 0. The second kappa shape index (κ2) is 6.96. The highest BCUT2D eigenvalue weighted by Crippen LogP contribution is 2.16. The Morgan fingerprint density at radius 2 is 2.23 bits per heavy atom. The molecule has 1 heterocycles. The van der Waals surface area contributed by atoms with E-state index in [0.717, 1.165) is 18.8 Å². The molecule has 2 nitrogen and oxygen atoms in total. The van der Waals surface area contributed by atoms with Crippen molar-refractivity contribution < 1.29 is 0 Å². The van der Waals surface area contributed by atoms with Crippen molar-refractivity contribution in [3.05, 3.63) is 12.7 Å². The third-order valence-electron chi connectivity index (χ3n) is 2.37. The van der Waals surface area contributed by atoms with Gasteiger partial charge in [0.1, 0.15) is 0 Å². The fourth-order valence-corrected chi connectivity index (χ4v) is 1.60. The fraction of sp³-hybridized carbons (Fsp3) is 0.700. The summed E-state index contributed by atoms with van der Waals surface area (Å²) in [7, 11) is 0. The second-order valence-corrected chi connectivity index (χ2v) is 3.38.